The summed E-state index contributed by atoms with van der Waals surface area (Å²) in [5.41, 5.74) is 6.85. The molecule has 1 atom stereocenters. The Morgan fingerprint density at radius 1 is 1.50 bits per heavy atom. The zero-order valence-electron chi connectivity index (χ0n) is 11.4. The molecule has 0 radical (unpaired) electrons. The number of rotatable bonds is 5. The number of nitrogens with zero attached hydrogens (tertiary/aromatic N) is 2. The van der Waals surface area contributed by atoms with Crippen molar-refractivity contribution in [1.29, 1.82) is 0 Å². The van der Waals surface area contributed by atoms with Crippen molar-refractivity contribution in [2.45, 2.75) is 19.9 Å². The summed E-state index contributed by atoms with van der Waals surface area (Å²) in [6, 6.07) is 5.97. The van der Waals surface area contributed by atoms with Gasteiger partial charge in [-0.3, -0.25) is 4.79 Å². The lowest BCUT2D eigenvalue weighted by Crippen LogP contribution is -2.20. The van der Waals surface area contributed by atoms with Gasteiger partial charge in [-0.25, -0.2) is 9.07 Å². The van der Waals surface area contributed by atoms with E-state index in [2.05, 4.69) is 10.4 Å². The predicted molar refractivity (Wildman–Crippen MR) is 74.1 cm³/mol. The second kappa shape index (κ2) is 5.83. The maximum atomic E-state index is 13.5. The maximum Gasteiger partial charge on any atom is 0.269 e. The van der Waals surface area contributed by atoms with Crippen molar-refractivity contribution in [3.63, 3.8) is 0 Å². The minimum Gasteiger partial charge on any atom is -0.364 e. The summed E-state index contributed by atoms with van der Waals surface area (Å²) >= 11 is 0. The SMILES string of the molecule is CCNC(C)c1cc(F)ccc1-n1ccc(C(N)=O)n1. The first-order valence-electron chi connectivity index (χ1n) is 6.41. The number of amides is 1. The molecular weight excluding hydrogens is 259 g/mol. The number of nitrogens with two attached hydrogens (primary N) is 1. The van der Waals surface area contributed by atoms with E-state index in [1.54, 1.807) is 12.3 Å². The van der Waals surface area contributed by atoms with Crippen LogP contribution in [0, 0.1) is 5.82 Å². The van der Waals surface area contributed by atoms with Crippen molar-refractivity contribution in [2.24, 2.45) is 5.73 Å². The molecule has 0 saturated heterocycles. The largest absolute Gasteiger partial charge is 0.364 e. The van der Waals surface area contributed by atoms with Crippen LogP contribution in [0.4, 0.5) is 4.39 Å². The average molecular weight is 276 g/mol. The summed E-state index contributed by atoms with van der Waals surface area (Å²) in [6.07, 6.45) is 1.63. The molecule has 2 rings (SSSR count). The Balaban J connectivity index is 2.46. The van der Waals surface area contributed by atoms with Crippen molar-refractivity contribution in [2.75, 3.05) is 6.54 Å². The number of nitrogens with one attached hydrogen (secondary N) is 1. The smallest absolute Gasteiger partial charge is 0.269 e. The van der Waals surface area contributed by atoms with Crippen LogP contribution in [0.1, 0.15) is 35.9 Å². The molecule has 20 heavy (non-hydrogen) atoms. The molecule has 0 aliphatic heterocycles. The highest BCUT2D eigenvalue weighted by molar-refractivity contribution is 5.90. The summed E-state index contributed by atoms with van der Waals surface area (Å²) in [5.74, 6) is -0.900. The number of carbonyl (C=O) groups is 1. The standard InChI is InChI=1S/C14H17FN4O/c1-3-17-9(2)11-8-10(15)4-5-13(11)19-7-6-12(18-19)14(16)20/h4-9,17H,3H2,1-2H3,(H2,16,20). The molecular formula is C14H17FN4O. The highest BCUT2D eigenvalue weighted by Crippen LogP contribution is 2.22. The second-order valence-corrected chi connectivity index (χ2v) is 4.49. The van der Waals surface area contributed by atoms with E-state index < -0.39 is 5.91 Å². The predicted octanol–water partition coefficient (Wildman–Crippen LogP) is 1.78. The first-order valence-corrected chi connectivity index (χ1v) is 6.41. The first kappa shape index (κ1) is 14.2. The van der Waals surface area contributed by atoms with Crippen LogP contribution in [0.5, 0.6) is 0 Å². The first-order chi connectivity index (χ1) is 9.52. The third kappa shape index (κ3) is 2.85. The molecule has 6 heteroatoms. The highest BCUT2D eigenvalue weighted by atomic mass is 19.1. The third-order valence-electron chi connectivity index (χ3n) is 3.05. The molecule has 106 valence electrons. The lowest BCUT2D eigenvalue weighted by Gasteiger charge is -2.17. The lowest BCUT2D eigenvalue weighted by atomic mass is 10.1. The van der Waals surface area contributed by atoms with E-state index in [-0.39, 0.29) is 17.6 Å². The topological polar surface area (TPSA) is 72.9 Å². The molecule has 1 unspecified atom stereocenters. The van der Waals surface area contributed by atoms with E-state index in [4.69, 9.17) is 5.73 Å². The molecule has 1 heterocycles. The van der Waals surface area contributed by atoms with Gasteiger partial charge in [0, 0.05) is 12.2 Å². The zero-order valence-corrected chi connectivity index (χ0v) is 11.4. The van der Waals surface area contributed by atoms with Crippen molar-refractivity contribution >= 4 is 5.91 Å². The summed E-state index contributed by atoms with van der Waals surface area (Å²) in [4.78, 5) is 11.1. The number of halogens is 1. The Bertz CT molecular complexity index is 623. The fraction of sp³-hybridized carbons (Fsp3) is 0.286. The van der Waals surface area contributed by atoms with E-state index in [1.807, 2.05) is 13.8 Å². The van der Waals surface area contributed by atoms with Gasteiger partial charge < -0.3 is 11.1 Å². The van der Waals surface area contributed by atoms with Crippen LogP contribution in [0.2, 0.25) is 0 Å². The fourth-order valence-electron chi connectivity index (χ4n) is 2.09. The van der Waals surface area contributed by atoms with Gasteiger partial charge in [-0.1, -0.05) is 6.92 Å². The quantitative estimate of drug-likeness (QED) is 0.874. The van der Waals surface area contributed by atoms with Gasteiger partial charge in [-0.2, -0.15) is 5.10 Å². The van der Waals surface area contributed by atoms with Gasteiger partial charge in [0.15, 0.2) is 0 Å². The monoisotopic (exact) mass is 276 g/mol. The van der Waals surface area contributed by atoms with Crippen molar-refractivity contribution in [3.05, 3.63) is 47.5 Å². The van der Waals surface area contributed by atoms with Crippen LogP contribution in [0.3, 0.4) is 0 Å². The summed E-state index contributed by atoms with van der Waals surface area (Å²) in [5, 5.41) is 7.33. The average Bonchev–Trinajstić information content (AvgIpc) is 2.88. The van der Waals surface area contributed by atoms with Crippen molar-refractivity contribution in [3.8, 4) is 5.69 Å². The van der Waals surface area contributed by atoms with Crippen LogP contribution >= 0.6 is 0 Å². The number of aromatic nitrogens is 2. The molecule has 1 aromatic heterocycles. The molecule has 3 N–H and O–H groups in total. The lowest BCUT2D eigenvalue weighted by molar-refractivity contribution is 0.0995. The number of primary amides is 1. The normalized spacial score (nSPS) is 12.3. The van der Waals surface area contributed by atoms with Gasteiger partial charge in [0.05, 0.1) is 5.69 Å². The Labute approximate surface area is 116 Å². The zero-order chi connectivity index (χ0) is 14.7. The summed E-state index contributed by atoms with van der Waals surface area (Å²) in [7, 11) is 0. The van der Waals surface area contributed by atoms with Crippen LogP contribution in [0.25, 0.3) is 5.69 Å². The molecule has 5 nitrogen and oxygen atoms in total. The molecule has 1 aromatic carbocycles. The minimum atomic E-state index is -0.591. The Kier molecular flexibility index (Phi) is 4.14. The number of hydrogen-bond acceptors (Lipinski definition) is 3. The van der Waals surface area contributed by atoms with Gasteiger partial charge in [0.1, 0.15) is 11.5 Å². The number of carbonyl (C=O) groups excluding carboxylic acids is 1. The Morgan fingerprint density at radius 3 is 2.85 bits per heavy atom. The van der Waals surface area contributed by atoms with E-state index in [0.29, 0.717) is 5.69 Å². The minimum absolute atomic E-state index is 0.0353. The molecule has 0 bridgehead atoms. The second-order valence-electron chi connectivity index (χ2n) is 4.49. The molecule has 1 amide bonds. The molecule has 0 saturated carbocycles. The van der Waals surface area contributed by atoms with E-state index in [0.717, 1.165) is 12.1 Å². The molecule has 0 aliphatic rings. The Morgan fingerprint density at radius 2 is 2.25 bits per heavy atom. The number of benzene rings is 1. The van der Waals surface area contributed by atoms with Crippen LogP contribution in [0.15, 0.2) is 30.5 Å². The molecule has 0 fully saturated rings. The van der Waals surface area contributed by atoms with Gasteiger partial charge in [-0.05, 0) is 43.3 Å². The van der Waals surface area contributed by atoms with Crippen LogP contribution < -0.4 is 11.1 Å². The van der Waals surface area contributed by atoms with E-state index in [9.17, 15) is 9.18 Å². The van der Waals surface area contributed by atoms with Crippen molar-refractivity contribution in [1.82, 2.24) is 15.1 Å². The van der Waals surface area contributed by atoms with E-state index >= 15 is 0 Å². The Hall–Kier alpha value is -2.21. The van der Waals surface area contributed by atoms with Gasteiger partial charge in [-0.15, -0.1) is 0 Å². The third-order valence-corrected chi connectivity index (χ3v) is 3.05. The van der Waals surface area contributed by atoms with Crippen molar-refractivity contribution < 1.29 is 9.18 Å². The van der Waals surface area contributed by atoms with Gasteiger partial charge in [0.2, 0.25) is 0 Å². The van der Waals surface area contributed by atoms with Crippen LogP contribution in [-0.2, 0) is 0 Å². The van der Waals surface area contributed by atoms with Crippen LogP contribution in [-0.4, -0.2) is 22.2 Å². The maximum absolute atomic E-state index is 13.5. The molecule has 0 spiro atoms. The van der Waals surface area contributed by atoms with Gasteiger partial charge in [0.25, 0.3) is 5.91 Å². The van der Waals surface area contributed by atoms with E-state index in [1.165, 1.54) is 22.9 Å². The van der Waals surface area contributed by atoms with Gasteiger partial charge >= 0.3 is 0 Å². The molecule has 0 aliphatic carbocycles. The summed E-state index contributed by atoms with van der Waals surface area (Å²) in [6.45, 7) is 4.69. The molecule has 2 aromatic rings. The fourth-order valence-corrected chi connectivity index (χ4v) is 2.09. The number of hydrogen-bond donors (Lipinski definition) is 2. The highest BCUT2D eigenvalue weighted by Gasteiger charge is 2.14. The summed E-state index contributed by atoms with van der Waals surface area (Å²) < 4.78 is 15.0.